The van der Waals surface area contributed by atoms with E-state index in [1.807, 2.05) is 86.6 Å². The number of aryl methyl sites for hydroxylation is 1. The lowest BCUT2D eigenvalue weighted by Gasteiger charge is -2.44. The van der Waals surface area contributed by atoms with Crippen molar-refractivity contribution in [2.45, 2.75) is 38.9 Å². The third-order valence-electron chi connectivity index (χ3n) is 6.19. The molecule has 0 saturated carbocycles. The van der Waals surface area contributed by atoms with Crippen LogP contribution in [-0.2, 0) is 24.3 Å². The Hall–Kier alpha value is -3.60. The summed E-state index contributed by atoms with van der Waals surface area (Å²) in [5, 5.41) is 3.06. The minimum Gasteiger partial charge on any atom is -0.497 e. The number of amides is 2. The van der Waals surface area contributed by atoms with E-state index < -0.39 is 5.54 Å². The standard InChI is InChI=1S/C27H28N2O3/c1-19-8-10-20(11-9-19)17-28-26(31)27(2)16-22-6-4-5-7-24(22)25(30)29(27)18-21-12-14-23(32-3)15-13-21/h4-15H,16-18H2,1-3H3,(H,28,31)/t27-/m1/s1. The van der Waals surface area contributed by atoms with E-state index in [4.69, 9.17) is 4.74 Å². The number of nitrogens with zero attached hydrogens (tertiary/aromatic N) is 1. The van der Waals surface area contributed by atoms with Crippen LogP contribution in [0.3, 0.4) is 0 Å². The number of hydrogen-bond donors (Lipinski definition) is 1. The molecular weight excluding hydrogens is 400 g/mol. The molecule has 5 nitrogen and oxygen atoms in total. The van der Waals surface area contributed by atoms with Crippen molar-refractivity contribution in [1.82, 2.24) is 10.2 Å². The molecule has 1 aliphatic heterocycles. The molecular formula is C27H28N2O3. The fraction of sp³-hybridized carbons (Fsp3) is 0.259. The van der Waals surface area contributed by atoms with E-state index in [-0.39, 0.29) is 11.8 Å². The van der Waals surface area contributed by atoms with Gasteiger partial charge in [0, 0.05) is 25.1 Å². The van der Waals surface area contributed by atoms with Crippen molar-refractivity contribution < 1.29 is 14.3 Å². The Labute approximate surface area is 189 Å². The summed E-state index contributed by atoms with van der Waals surface area (Å²) in [6.45, 7) is 4.65. The summed E-state index contributed by atoms with van der Waals surface area (Å²) in [6.07, 6.45) is 0.463. The van der Waals surface area contributed by atoms with Crippen molar-refractivity contribution in [1.29, 1.82) is 0 Å². The lowest BCUT2D eigenvalue weighted by Crippen LogP contribution is -2.62. The molecule has 0 bridgehead atoms. The van der Waals surface area contributed by atoms with Crippen molar-refractivity contribution in [2.24, 2.45) is 0 Å². The molecule has 5 heteroatoms. The van der Waals surface area contributed by atoms with E-state index >= 15 is 0 Å². The number of rotatable bonds is 6. The second kappa shape index (κ2) is 8.87. The molecule has 4 rings (SSSR count). The number of fused-ring (bicyclic) bond motifs is 1. The minimum absolute atomic E-state index is 0.129. The molecule has 1 aliphatic rings. The fourth-order valence-electron chi connectivity index (χ4n) is 4.16. The average molecular weight is 429 g/mol. The average Bonchev–Trinajstić information content (AvgIpc) is 2.81. The summed E-state index contributed by atoms with van der Waals surface area (Å²) in [5.41, 5.74) is 3.69. The number of benzene rings is 3. The van der Waals surface area contributed by atoms with E-state index in [1.165, 1.54) is 5.56 Å². The van der Waals surface area contributed by atoms with Crippen molar-refractivity contribution in [3.05, 3.63) is 101 Å². The SMILES string of the molecule is COc1ccc(CN2C(=O)c3ccccc3C[C@]2(C)C(=O)NCc2ccc(C)cc2)cc1. The third-order valence-corrected chi connectivity index (χ3v) is 6.19. The van der Waals surface area contributed by atoms with Gasteiger partial charge >= 0.3 is 0 Å². The van der Waals surface area contributed by atoms with E-state index in [0.29, 0.717) is 25.1 Å². The van der Waals surface area contributed by atoms with Crippen LogP contribution in [0.5, 0.6) is 5.75 Å². The van der Waals surface area contributed by atoms with Crippen molar-refractivity contribution in [3.8, 4) is 5.75 Å². The van der Waals surface area contributed by atoms with Gasteiger partial charge in [-0.3, -0.25) is 9.59 Å². The maximum Gasteiger partial charge on any atom is 0.255 e. The van der Waals surface area contributed by atoms with Crippen LogP contribution in [0.25, 0.3) is 0 Å². The second-order valence-electron chi connectivity index (χ2n) is 8.52. The molecule has 0 aliphatic carbocycles. The molecule has 164 valence electrons. The minimum atomic E-state index is -1.00. The van der Waals surface area contributed by atoms with E-state index in [1.54, 1.807) is 12.0 Å². The first kappa shape index (κ1) is 21.6. The Balaban J connectivity index is 1.62. The topological polar surface area (TPSA) is 58.6 Å². The first-order valence-electron chi connectivity index (χ1n) is 10.8. The molecule has 3 aromatic rings. The first-order chi connectivity index (χ1) is 15.4. The molecule has 2 amide bonds. The van der Waals surface area contributed by atoms with E-state index in [9.17, 15) is 9.59 Å². The summed E-state index contributed by atoms with van der Waals surface area (Å²) in [6, 6.07) is 23.2. The molecule has 1 N–H and O–H groups in total. The highest BCUT2D eigenvalue weighted by molar-refractivity contribution is 6.02. The molecule has 0 radical (unpaired) electrons. The normalized spacial score (nSPS) is 17.6. The number of methoxy groups -OCH3 is 1. The van der Waals surface area contributed by atoms with Gasteiger partial charge in [0.05, 0.1) is 7.11 Å². The highest BCUT2D eigenvalue weighted by Gasteiger charge is 2.46. The van der Waals surface area contributed by atoms with Gasteiger partial charge < -0.3 is 15.0 Å². The molecule has 32 heavy (non-hydrogen) atoms. The molecule has 0 spiro atoms. The van der Waals surface area contributed by atoms with Gasteiger partial charge in [-0.2, -0.15) is 0 Å². The molecule has 1 heterocycles. The van der Waals surface area contributed by atoms with E-state index in [0.717, 1.165) is 22.4 Å². The van der Waals surface area contributed by atoms with Gasteiger partial charge in [-0.05, 0) is 48.7 Å². The lowest BCUT2D eigenvalue weighted by atomic mass is 9.82. The summed E-state index contributed by atoms with van der Waals surface area (Å²) >= 11 is 0. The lowest BCUT2D eigenvalue weighted by molar-refractivity contribution is -0.132. The molecule has 1 atom stereocenters. The third kappa shape index (κ3) is 4.24. The summed E-state index contributed by atoms with van der Waals surface area (Å²) in [5.74, 6) is 0.466. The molecule has 0 fully saturated rings. The molecule has 3 aromatic carbocycles. The second-order valence-corrected chi connectivity index (χ2v) is 8.52. The highest BCUT2D eigenvalue weighted by Crippen LogP contribution is 2.33. The summed E-state index contributed by atoms with van der Waals surface area (Å²) in [7, 11) is 1.62. The van der Waals surface area contributed by atoms with Crippen LogP contribution in [0.2, 0.25) is 0 Å². The zero-order valence-corrected chi connectivity index (χ0v) is 18.7. The molecule has 0 saturated heterocycles. The Morgan fingerprint density at radius 2 is 1.66 bits per heavy atom. The number of carbonyl (C=O) groups excluding carboxylic acids is 2. The Morgan fingerprint density at radius 1 is 1.00 bits per heavy atom. The van der Waals surface area contributed by atoms with Crippen LogP contribution < -0.4 is 10.1 Å². The van der Waals surface area contributed by atoms with Gasteiger partial charge in [-0.25, -0.2) is 0 Å². The van der Waals surface area contributed by atoms with Crippen LogP contribution in [0.4, 0.5) is 0 Å². The van der Waals surface area contributed by atoms with Crippen molar-refractivity contribution in [2.75, 3.05) is 7.11 Å². The zero-order valence-electron chi connectivity index (χ0n) is 18.7. The fourth-order valence-corrected chi connectivity index (χ4v) is 4.16. The maximum absolute atomic E-state index is 13.5. The Morgan fingerprint density at radius 3 is 2.34 bits per heavy atom. The quantitative estimate of drug-likeness (QED) is 0.638. The predicted octanol–water partition coefficient (Wildman–Crippen LogP) is 4.28. The largest absolute Gasteiger partial charge is 0.497 e. The number of nitrogens with one attached hydrogen (secondary N) is 1. The van der Waals surface area contributed by atoms with Crippen LogP contribution in [-0.4, -0.2) is 29.4 Å². The van der Waals surface area contributed by atoms with E-state index in [2.05, 4.69) is 5.32 Å². The smallest absolute Gasteiger partial charge is 0.255 e. The van der Waals surface area contributed by atoms with Crippen LogP contribution in [0, 0.1) is 6.92 Å². The zero-order chi connectivity index (χ0) is 22.7. The number of ether oxygens (including phenoxy) is 1. The van der Waals surface area contributed by atoms with Gasteiger partial charge in [0.15, 0.2) is 0 Å². The molecule has 0 aromatic heterocycles. The summed E-state index contributed by atoms with van der Waals surface area (Å²) < 4.78 is 5.24. The van der Waals surface area contributed by atoms with Gasteiger partial charge in [0.2, 0.25) is 5.91 Å². The summed E-state index contributed by atoms with van der Waals surface area (Å²) in [4.78, 5) is 28.7. The van der Waals surface area contributed by atoms with Crippen molar-refractivity contribution in [3.63, 3.8) is 0 Å². The van der Waals surface area contributed by atoms with Crippen LogP contribution in [0.15, 0.2) is 72.8 Å². The van der Waals surface area contributed by atoms with Gasteiger partial charge in [0.25, 0.3) is 5.91 Å². The Bertz CT molecular complexity index is 1120. The maximum atomic E-state index is 13.5. The van der Waals surface area contributed by atoms with Gasteiger partial charge in [-0.15, -0.1) is 0 Å². The van der Waals surface area contributed by atoms with Crippen LogP contribution in [0.1, 0.15) is 39.5 Å². The number of hydrogen-bond acceptors (Lipinski definition) is 3. The van der Waals surface area contributed by atoms with Crippen LogP contribution >= 0.6 is 0 Å². The van der Waals surface area contributed by atoms with Crippen molar-refractivity contribution >= 4 is 11.8 Å². The Kier molecular flexibility index (Phi) is 5.99. The predicted molar refractivity (Wildman–Crippen MR) is 124 cm³/mol. The monoisotopic (exact) mass is 428 g/mol. The number of carbonyl (C=O) groups is 2. The van der Waals surface area contributed by atoms with Gasteiger partial charge in [-0.1, -0.05) is 60.2 Å². The first-order valence-corrected chi connectivity index (χ1v) is 10.8. The van der Waals surface area contributed by atoms with Gasteiger partial charge in [0.1, 0.15) is 11.3 Å². The highest BCUT2D eigenvalue weighted by atomic mass is 16.5. The molecule has 0 unspecified atom stereocenters.